The van der Waals surface area contributed by atoms with E-state index < -0.39 is 17.8 Å². The number of hydrogen-bond donors (Lipinski definition) is 0. The molecule has 6 nitrogen and oxygen atoms in total. The molecule has 0 saturated heterocycles. The van der Waals surface area contributed by atoms with Gasteiger partial charge in [0.05, 0.1) is 28.5 Å². The molecule has 0 unspecified atom stereocenters. The first-order chi connectivity index (χ1) is 18.2. The number of rotatable bonds is 5. The van der Waals surface area contributed by atoms with Crippen molar-refractivity contribution in [3.05, 3.63) is 120 Å². The lowest BCUT2D eigenvalue weighted by atomic mass is 9.96. The van der Waals surface area contributed by atoms with Crippen molar-refractivity contribution in [2.75, 3.05) is 6.61 Å². The largest absolute Gasteiger partial charge is 0.463 e. The number of fused-ring (bicyclic) bond motifs is 1. The molecular formula is C29H25F2N3O3S. The van der Waals surface area contributed by atoms with Gasteiger partial charge in [0, 0.05) is 17.1 Å². The first kappa shape index (κ1) is 25.5. The summed E-state index contributed by atoms with van der Waals surface area (Å²) in [5.41, 5.74) is 4.41. The van der Waals surface area contributed by atoms with Crippen LogP contribution in [0.15, 0.2) is 75.7 Å². The highest BCUT2D eigenvalue weighted by Crippen LogP contribution is 2.31. The smallest absolute Gasteiger partial charge is 0.338 e. The van der Waals surface area contributed by atoms with E-state index in [1.54, 1.807) is 44.2 Å². The number of aryl methyl sites for hydroxylation is 1. The summed E-state index contributed by atoms with van der Waals surface area (Å²) in [4.78, 5) is 31.8. The maximum Gasteiger partial charge on any atom is 0.338 e. The normalized spacial score (nSPS) is 15.4. The maximum absolute atomic E-state index is 13.8. The van der Waals surface area contributed by atoms with Crippen LogP contribution in [0.2, 0.25) is 0 Å². The van der Waals surface area contributed by atoms with Gasteiger partial charge < -0.3 is 9.30 Å². The number of thiazole rings is 1. The molecule has 0 bridgehead atoms. The van der Waals surface area contributed by atoms with Crippen molar-refractivity contribution in [1.82, 2.24) is 9.13 Å². The number of carbonyl (C=O) groups excluding carboxylic acids is 1. The topological polar surface area (TPSA) is 65.6 Å². The van der Waals surface area contributed by atoms with Crippen molar-refractivity contribution in [2.24, 2.45) is 4.99 Å². The Morgan fingerprint density at radius 2 is 1.68 bits per heavy atom. The lowest BCUT2D eigenvalue weighted by Crippen LogP contribution is -2.39. The maximum atomic E-state index is 13.8. The fourth-order valence-electron chi connectivity index (χ4n) is 4.81. The minimum atomic E-state index is -0.806. The van der Waals surface area contributed by atoms with Gasteiger partial charge >= 0.3 is 5.97 Å². The number of esters is 1. The van der Waals surface area contributed by atoms with E-state index in [0.29, 0.717) is 20.6 Å². The molecule has 0 aliphatic carbocycles. The van der Waals surface area contributed by atoms with E-state index in [1.807, 2.05) is 24.5 Å². The molecule has 0 spiro atoms. The summed E-state index contributed by atoms with van der Waals surface area (Å²) in [6.07, 6.45) is 1.80. The second-order valence-electron chi connectivity index (χ2n) is 8.99. The van der Waals surface area contributed by atoms with Crippen LogP contribution in [0.3, 0.4) is 0 Å². The third-order valence-corrected chi connectivity index (χ3v) is 7.53. The lowest BCUT2D eigenvalue weighted by molar-refractivity contribution is -0.139. The van der Waals surface area contributed by atoms with Gasteiger partial charge in [-0.1, -0.05) is 23.5 Å². The monoisotopic (exact) mass is 533 g/mol. The molecule has 0 radical (unpaired) electrons. The van der Waals surface area contributed by atoms with Crippen molar-refractivity contribution in [2.45, 2.75) is 33.7 Å². The molecule has 194 valence electrons. The van der Waals surface area contributed by atoms with E-state index in [1.165, 1.54) is 40.2 Å². The Morgan fingerprint density at radius 3 is 2.32 bits per heavy atom. The Morgan fingerprint density at radius 1 is 1.05 bits per heavy atom. The van der Waals surface area contributed by atoms with Gasteiger partial charge in [0.2, 0.25) is 0 Å². The summed E-state index contributed by atoms with van der Waals surface area (Å²) in [5, 5.41) is 0. The van der Waals surface area contributed by atoms with Crippen molar-refractivity contribution in [1.29, 1.82) is 0 Å². The molecule has 1 aliphatic heterocycles. The van der Waals surface area contributed by atoms with Crippen LogP contribution in [0.4, 0.5) is 8.78 Å². The molecule has 0 saturated carbocycles. The zero-order valence-electron chi connectivity index (χ0n) is 21.3. The molecule has 4 aromatic rings. The third-order valence-electron chi connectivity index (χ3n) is 6.54. The Labute approximate surface area is 221 Å². The standard InChI is InChI=1S/C29H25F2N3O3S/c1-5-37-28(36)25-17(3)32-29-34(26(25)19-6-8-21(30)9-7-19)27(35)24(38-29)15-20-14-16(2)33(18(20)4)23-12-10-22(31)11-13-23/h6-15,26H,5H2,1-4H3/b24-15+/t26-/m0/s1. The predicted octanol–water partition coefficient (Wildman–Crippen LogP) is 4.48. The molecule has 38 heavy (non-hydrogen) atoms. The Bertz CT molecular complexity index is 1760. The SMILES string of the molecule is CCOC(=O)C1=C(C)N=c2s/c(=C/c3cc(C)n(-c4ccc(F)cc4)c3C)c(=O)n2[C@H]1c1ccc(F)cc1. The van der Waals surface area contributed by atoms with Crippen molar-refractivity contribution in [3.63, 3.8) is 0 Å². The second-order valence-corrected chi connectivity index (χ2v) is 10.0. The fourth-order valence-corrected chi connectivity index (χ4v) is 5.85. The highest BCUT2D eigenvalue weighted by atomic mass is 32.1. The first-order valence-electron chi connectivity index (χ1n) is 12.1. The molecule has 0 amide bonds. The van der Waals surface area contributed by atoms with E-state index in [9.17, 15) is 18.4 Å². The number of nitrogens with zero attached hydrogens (tertiary/aromatic N) is 3. The summed E-state index contributed by atoms with van der Waals surface area (Å²) in [7, 11) is 0. The molecule has 1 aliphatic rings. The fraction of sp³-hybridized carbons (Fsp3) is 0.207. The van der Waals surface area contributed by atoms with Gasteiger partial charge in [-0.25, -0.2) is 18.6 Å². The molecule has 1 atom stereocenters. The van der Waals surface area contributed by atoms with Crippen LogP contribution in [-0.2, 0) is 9.53 Å². The molecule has 0 fully saturated rings. The Kier molecular flexibility index (Phi) is 6.71. The zero-order valence-corrected chi connectivity index (χ0v) is 22.1. The molecular weight excluding hydrogens is 508 g/mol. The Hall–Kier alpha value is -4.11. The van der Waals surface area contributed by atoms with Gasteiger partial charge in [-0.2, -0.15) is 0 Å². The summed E-state index contributed by atoms with van der Waals surface area (Å²) in [6.45, 7) is 7.46. The average Bonchev–Trinajstić information content (AvgIpc) is 3.34. The lowest BCUT2D eigenvalue weighted by Gasteiger charge is -2.24. The molecule has 0 N–H and O–H groups in total. The molecule has 2 aromatic heterocycles. The molecule has 3 heterocycles. The average molecular weight is 534 g/mol. The molecule has 9 heteroatoms. The molecule has 5 rings (SSSR count). The van der Waals surface area contributed by atoms with Crippen LogP contribution in [-0.4, -0.2) is 21.7 Å². The van der Waals surface area contributed by atoms with Gasteiger partial charge in [0.25, 0.3) is 5.56 Å². The first-order valence-corrected chi connectivity index (χ1v) is 12.9. The van der Waals surface area contributed by atoms with Crippen LogP contribution in [0.25, 0.3) is 11.8 Å². The van der Waals surface area contributed by atoms with E-state index in [4.69, 9.17) is 4.74 Å². The van der Waals surface area contributed by atoms with Crippen molar-refractivity contribution < 1.29 is 18.3 Å². The minimum Gasteiger partial charge on any atom is -0.463 e. The van der Waals surface area contributed by atoms with Crippen LogP contribution in [0.5, 0.6) is 0 Å². The van der Waals surface area contributed by atoms with Gasteiger partial charge in [-0.15, -0.1) is 0 Å². The minimum absolute atomic E-state index is 0.167. The number of aromatic nitrogens is 2. The van der Waals surface area contributed by atoms with Crippen LogP contribution in [0.1, 0.15) is 42.4 Å². The third kappa shape index (κ3) is 4.43. The zero-order chi connectivity index (χ0) is 27.1. The van der Waals surface area contributed by atoms with Gasteiger partial charge in [-0.3, -0.25) is 9.36 Å². The molecule has 2 aromatic carbocycles. The van der Waals surface area contributed by atoms with Crippen molar-refractivity contribution >= 4 is 23.4 Å². The summed E-state index contributed by atoms with van der Waals surface area (Å²) >= 11 is 1.22. The van der Waals surface area contributed by atoms with Crippen molar-refractivity contribution in [3.8, 4) is 5.69 Å². The summed E-state index contributed by atoms with van der Waals surface area (Å²) in [6, 6.07) is 13.1. The number of allylic oxidation sites excluding steroid dienone is 1. The second kappa shape index (κ2) is 9.98. The highest BCUT2D eigenvalue weighted by molar-refractivity contribution is 7.07. The van der Waals surface area contributed by atoms with E-state index in [-0.39, 0.29) is 23.6 Å². The van der Waals surface area contributed by atoms with Crippen LogP contribution in [0, 0.1) is 25.5 Å². The van der Waals surface area contributed by atoms with Crippen LogP contribution < -0.4 is 14.9 Å². The number of benzene rings is 2. The van der Waals surface area contributed by atoms with Gasteiger partial charge in [0.1, 0.15) is 11.6 Å². The number of carbonyl (C=O) groups is 1. The van der Waals surface area contributed by atoms with E-state index in [0.717, 1.165) is 22.6 Å². The van der Waals surface area contributed by atoms with E-state index in [2.05, 4.69) is 4.99 Å². The van der Waals surface area contributed by atoms with Gasteiger partial charge in [0.15, 0.2) is 4.80 Å². The number of halogens is 2. The highest BCUT2D eigenvalue weighted by Gasteiger charge is 2.33. The Balaban J connectivity index is 1.68. The summed E-state index contributed by atoms with van der Waals surface area (Å²) < 4.78 is 36.4. The number of hydrogen-bond acceptors (Lipinski definition) is 5. The summed E-state index contributed by atoms with van der Waals surface area (Å²) in [5.74, 6) is -1.30. The number of ether oxygens (including phenoxy) is 1. The quantitative estimate of drug-likeness (QED) is 0.355. The van der Waals surface area contributed by atoms with Crippen LogP contribution >= 0.6 is 11.3 Å². The van der Waals surface area contributed by atoms with Gasteiger partial charge in [-0.05, 0) is 87.4 Å². The van der Waals surface area contributed by atoms with E-state index >= 15 is 0 Å². The predicted molar refractivity (Wildman–Crippen MR) is 142 cm³/mol.